The van der Waals surface area contributed by atoms with Crippen LogP contribution in [0.5, 0.6) is 0 Å². The molecule has 27 heavy (non-hydrogen) atoms. The molecule has 2 heterocycles. The zero-order valence-corrected chi connectivity index (χ0v) is 15.8. The number of carbonyl (C=O) groups excluding carboxylic acids is 1. The molecule has 0 aliphatic rings. The van der Waals surface area contributed by atoms with E-state index in [4.69, 9.17) is 11.6 Å². The summed E-state index contributed by atoms with van der Waals surface area (Å²) in [7, 11) is 0. The van der Waals surface area contributed by atoms with E-state index in [0.29, 0.717) is 23.6 Å². The van der Waals surface area contributed by atoms with Gasteiger partial charge in [0.15, 0.2) is 5.78 Å². The maximum absolute atomic E-state index is 12.8. The zero-order chi connectivity index (χ0) is 18.8. The number of halogens is 1. The summed E-state index contributed by atoms with van der Waals surface area (Å²) < 4.78 is 1.79. The zero-order valence-electron chi connectivity index (χ0n) is 15.0. The highest BCUT2D eigenvalue weighted by Crippen LogP contribution is 2.21. The minimum Gasteiger partial charge on any atom is -0.295 e. The molecule has 134 valence electrons. The van der Waals surface area contributed by atoms with E-state index >= 15 is 0 Å². The van der Waals surface area contributed by atoms with E-state index in [9.17, 15) is 4.79 Å². The molecule has 4 rings (SSSR count). The predicted molar refractivity (Wildman–Crippen MR) is 109 cm³/mol. The van der Waals surface area contributed by atoms with E-state index in [1.54, 1.807) is 16.7 Å². The van der Waals surface area contributed by atoms with E-state index in [2.05, 4.69) is 41.4 Å². The molecule has 4 aromatic rings. The van der Waals surface area contributed by atoms with Crippen molar-refractivity contribution < 1.29 is 4.79 Å². The van der Waals surface area contributed by atoms with Crippen LogP contribution in [0.1, 0.15) is 28.2 Å². The molecule has 2 aromatic carbocycles. The second-order valence-corrected chi connectivity index (χ2v) is 7.04. The average molecular weight is 375 g/mol. The molecule has 0 atom stereocenters. The first kappa shape index (κ1) is 17.5. The van der Waals surface area contributed by atoms with Crippen molar-refractivity contribution in [1.82, 2.24) is 9.38 Å². The quantitative estimate of drug-likeness (QED) is 0.415. The van der Waals surface area contributed by atoms with Crippen LogP contribution in [0.15, 0.2) is 72.9 Å². The molecule has 0 N–H and O–H groups in total. The van der Waals surface area contributed by atoms with Gasteiger partial charge in [0.25, 0.3) is 0 Å². The van der Waals surface area contributed by atoms with E-state index in [1.807, 2.05) is 31.2 Å². The van der Waals surface area contributed by atoms with Crippen LogP contribution in [0.3, 0.4) is 0 Å². The number of imidazole rings is 1. The third kappa shape index (κ3) is 3.64. The monoisotopic (exact) mass is 374 g/mol. The summed E-state index contributed by atoms with van der Waals surface area (Å²) in [6, 6.07) is 22.3. The van der Waals surface area contributed by atoms with E-state index < -0.39 is 0 Å². The van der Waals surface area contributed by atoms with E-state index in [-0.39, 0.29) is 5.78 Å². The van der Waals surface area contributed by atoms with Gasteiger partial charge in [0, 0.05) is 12.6 Å². The lowest BCUT2D eigenvalue weighted by Gasteiger charge is -2.06. The van der Waals surface area contributed by atoms with Crippen molar-refractivity contribution in [1.29, 1.82) is 0 Å². The van der Waals surface area contributed by atoms with Crippen LogP contribution in [-0.2, 0) is 6.42 Å². The maximum atomic E-state index is 12.8. The molecule has 3 nitrogen and oxygen atoms in total. The summed E-state index contributed by atoms with van der Waals surface area (Å²) in [4.78, 5) is 17.3. The molecule has 0 aliphatic carbocycles. The smallest absolute Gasteiger partial charge is 0.181 e. The van der Waals surface area contributed by atoms with Crippen molar-refractivity contribution in [3.05, 3.63) is 94.9 Å². The molecule has 0 amide bonds. The Labute approximate surface area is 163 Å². The number of rotatable bonds is 5. The van der Waals surface area contributed by atoms with Crippen LogP contribution in [0.25, 0.3) is 16.8 Å². The average Bonchev–Trinajstić information content (AvgIpc) is 3.02. The van der Waals surface area contributed by atoms with Gasteiger partial charge in [0.2, 0.25) is 0 Å². The van der Waals surface area contributed by atoms with Gasteiger partial charge in [0.1, 0.15) is 11.3 Å². The van der Waals surface area contributed by atoms with Gasteiger partial charge in [-0.2, -0.15) is 0 Å². The highest BCUT2D eigenvalue weighted by molar-refractivity contribution is 6.30. The molecule has 4 heteroatoms. The third-order valence-electron chi connectivity index (χ3n) is 4.72. The first-order valence-electron chi connectivity index (χ1n) is 8.93. The fourth-order valence-corrected chi connectivity index (χ4v) is 3.50. The number of Topliss-reactive ketones (excluding diaryl/α,β-unsaturated/α-hetero) is 1. The predicted octanol–water partition coefficient (Wildman–Crippen LogP) is 5.78. The van der Waals surface area contributed by atoms with E-state index in [1.165, 1.54) is 11.1 Å². The van der Waals surface area contributed by atoms with Crippen molar-refractivity contribution in [2.45, 2.75) is 19.8 Å². The first-order valence-corrected chi connectivity index (χ1v) is 9.31. The fraction of sp³-hybridized carbons (Fsp3) is 0.130. The Hall–Kier alpha value is -2.91. The third-order valence-corrected chi connectivity index (χ3v) is 4.95. The number of hydrogen-bond donors (Lipinski definition) is 0. The largest absolute Gasteiger partial charge is 0.295 e. The molecular formula is C23H19ClN2O. The molecular weight excluding hydrogens is 356 g/mol. The van der Waals surface area contributed by atoms with E-state index in [0.717, 1.165) is 16.9 Å². The topological polar surface area (TPSA) is 34.4 Å². The number of fused-ring (bicyclic) bond motifs is 1. The van der Waals surface area contributed by atoms with Crippen molar-refractivity contribution >= 4 is 23.0 Å². The number of benzene rings is 2. The Balaban J connectivity index is 1.50. The summed E-state index contributed by atoms with van der Waals surface area (Å²) in [5, 5.41) is 0.588. The fourth-order valence-electron chi connectivity index (χ4n) is 3.34. The first-order chi connectivity index (χ1) is 13.1. The van der Waals surface area contributed by atoms with Crippen LogP contribution >= 0.6 is 11.6 Å². The SMILES string of the molecule is Cc1nc2ccc(Cl)cn2c1C(=O)CCc1ccc(-c2ccccc2)cc1. The number of ketones is 1. The molecule has 0 aliphatic heterocycles. The molecule has 0 bridgehead atoms. The number of nitrogens with zero attached hydrogens (tertiary/aromatic N) is 2. The van der Waals surface area contributed by atoms with Crippen molar-refractivity contribution in [3.8, 4) is 11.1 Å². The lowest BCUT2D eigenvalue weighted by atomic mass is 10.0. The Bertz CT molecular complexity index is 1100. The molecule has 2 aromatic heterocycles. The normalized spacial score (nSPS) is 11.0. The number of aromatic nitrogens is 2. The van der Waals surface area contributed by atoms with Gasteiger partial charge in [-0.3, -0.25) is 9.20 Å². The molecule has 0 fully saturated rings. The molecule has 0 spiro atoms. The summed E-state index contributed by atoms with van der Waals surface area (Å²) in [6.07, 6.45) is 2.88. The number of pyridine rings is 1. The Morgan fingerprint density at radius 3 is 2.41 bits per heavy atom. The molecule has 0 saturated carbocycles. The Kier molecular flexibility index (Phi) is 4.78. The van der Waals surface area contributed by atoms with Gasteiger partial charge in [-0.1, -0.05) is 66.2 Å². The van der Waals surface area contributed by atoms with Crippen LogP contribution in [0.2, 0.25) is 5.02 Å². The maximum Gasteiger partial charge on any atom is 0.181 e. The minimum atomic E-state index is 0.0782. The molecule has 0 unspecified atom stereocenters. The Morgan fingerprint density at radius 1 is 0.963 bits per heavy atom. The lowest BCUT2D eigenvalue weighted by molar-refractivity contribution is 0.0976. The van der Waals surface area contributed by atoms with Crippen LogP contribution in [0.4, 0.5) is 0 Å². The van der Waals surface area contributed by atoms with Gasteiger partial charge in [0.05, 0.1) is 10.7 Å². The highest BCUT2D eigenvalue weighted by Gasteiger charge is 2.16. The number of hydrogen-bond acceptors (Lipinski definition) is 2. The van der Waals surface area contributed by atoms with Gasteiger partial charge < -0.3 is 0 Å². The minimum absolute atomic E-state index is 0.0782. The lowest BCUT2D eigenvalue weighted by Crippen LogP contribution is -2.06. The number of aryl methyl sites for hydroxylation is 2. The Morgan fingerprint density at radius 2 is 1.67 bits per heavy atom. The molecule has 0 radical (unpaired) electrons. The summed E-state index contributed by atoms with van der Waals surface area (Å²) >= 11 is 6.08. The summed E-state index contributed by atoms with van der Waals surface area (Å²) in [6.45, 7) is 1.86. The number of carbonyl (C=O) groups is 1. The summed E-state index contributed by atoms with van der Waals surface area (Å²) in [5.74, 6) is 0.0782. The van der Waals surface area contributed by atoms with Gasteiger partial charge in [-0.15, -0.1) is 0 Å². The highest BCUT2D eigenvalue weighted by atomic mass is 35.5. The summed E-state index contributed by atoms with van der Waals surface area (Å²) in [5.41, 5.74) is 5.62. The van der Waals surface area contributed by atoms with Crippen molar-refractivity contribution in [2.24, 2.45) is 0 Å². The van der Waals surface area contributed by atoms with Gasteiger partial charge in [-0.05, 0) is 42.2 Å². The second-order valence-electron chi connectivity index (χ2n) is 6.61. The van der Waals surface area contributed by atoms with Crippen LogP contribution < -0.4 is 0 Å². The standard InChI is InChI=1S/C23H19ClN2O/c1-16-23(26-15-20(24)12-14-22(26)25-16)21(27)13-9-17-7-10-19(11-8-17)18-5-3-2-4-6-18/h2-8,10-12,14-15H,9,13H2,1H3. The van der Waals surface area contributed by atoms with Gasteiger partial charge in [-0.25, -0.2) is 4.98 Å². The van der Waals surface area contributed by atoms with Crippen molar-refractivity contribution in [2.75, 3.05) is 0 Å². The van der Waals surface area contributed by atoms with Crippen LogP contribution in [-0.4, -0.2) is 15.2 Å². The second kappa shape index (κ2) is 7.37. The van der Waals surface area contributed by atoms with Gasteiger partial charge >= 0.3 is 0 Å². The van der Waals surface area contributed by atoms with Crippen molar-refractivity contribution in [3.63, 3.8) is 0 Å². The van der Waals surface area contributed by atoms with Crippen LogP contribution in [0, 0.1) is 6.92 Å². The molecule has 0 saturated heterocycles.